The van der Waals surface area contributed by atoms with Crippen molar-refractivity contribution >= 4 is 40.9 Å². The van der Waals surface area contributed by atoms with Crippen molar-refractivity contribution in [3.05, 3.63) is 90.0 Å². The highest BCUT2D eigenvalue weighted by atomic mass is 32.2. The van der Waals surface area contributed by atoms with Crippen LogP contribution in [0.25, 0.3) is 11.0 Å². The summed E-state index contributed by atoms with van der Waals surface area (Å²) < 4.78 is 7.25. The maximum absolute atomic E-state index is 12.4. The van der Waals surface area contributed by atoms with Crippen molar-refractivity contribution in [3.8, 4) is 5.75 Å². The summed E-state index contributed by atoms with van der Waals surface area (Å²) in [5, 5.41) is 13.4. The predicted octanol–water partition coefficient (Wildman–Crippen LogP) is 3.79. The molecule has 2 N–H and O–H groups in total. The molecule has 0 atom stereocenters. The third-order valence-corrected chi connectivity index (χ3v) is 5.74. The lowest BCUT2D eigenvalue weighted by molar-refractivity contribution is -0.139. The van der Waals surface area contributed by atoms with Gasteiger partial charge in [-0.05, 0) is 35.4 Å². The number of hydrazone groups is 1. The van der Waals surface area contributed by atoms with Gasteiger partial charge in [-0.2, -0.15) is 5.10 Å². The molecule has 0 aliphatic rings. The Morgan fingerprint density at radius 3 is 2.68 bits per heavy atom. The molecule has 0 bridgehead atoms. The quantitative estimate of drug-likeness (QED) is 0.206. The lowest BCUT2D eigenvalue weighted by atomic mass is 10.2. The molecule has 0 spiro atoms. The van der Waals surface area contributed by atoms with Crippen molar-refractivity contribution in [1.29, 1.82) is 0 Å². The summed E-state index contributed by atoms with van der Waals surface area (Å²) >= 11 is 1.35. The molecule has 9 heteroatoms. The van der Waals surface area contributed by atoms with Crippen LogP contribution in [0.1, 0.15) is 11.1 Å². The SMILES string of the molecule is O=C(O)COc1cccc(/C=N\NC(=O)CSc2nc3ccccc3n2Cc2ccccc2)c1. The zero-order valence-electron chi connectivity index (χ0n) is 18.1. The molecule has 1 aromatic heterocycles. The maximum Gasteiger partial charge on any atom is 0.341 e. The Morgan fingerprint density at radius 2 is 1.85 bits per heavy atom. The van der Waals surface area contributed by atoms with E-state index < -0.39 is 12.6 Å². The average molecular weight is 475 g/mol. The molecule has 172 valence electrons. The van der Waals surface area contributed by atoms with Crippen molar-refractivity contribution in [2.24, 2.45) is 5.10 Å². The molecule has 4 rings (SSSR count). The van der Waals surface area contributed by atoms with Crippen molar-refractivity contribution < 1.29 is 19.4 Å². The van der Waals surface area contributed by atoms with Gasteiger partial charge < -0.3 is 14.4 Å². The van der Waals surface area contributed by atoms with E-state index in [0.717, 1.165) is 21.8 Å². The molecule has 0 radical (unpaired) electrons. The first-order valence-corrected chi connectivity index (χ1v) is 11.5. The van der Waals surface area contributed by atoms with Gasteiger partial charge in [0.1, 0.15) is 5.75 Å². The van der Waals surface area contributed by atoms with Gasteiger partial charge in [0.05, 0.1) is 29.5 Å². The normalized spacial score (nSPS) is 11.1. The molecule has 1 heterocycles. The van der Waals surface area contributed by atoms with Gasteiger partial charge in [-0.15, -0.1) is 0 Å². The molecular weight excluding hydrogens is 452 g/mol. The van der Waals surface area contributed by atoms with Crippen molar-refractivity contribution in [1.82, 2.24) is 15.0 Å². The molecule has 0 saturated carbocycles. The first-order chi connectivity index (χ1) is 16.6. The van der Waals surface area contributed by atoms with Gasteiger partial charge in [0, 0.05) is 0 Å². The van der Waals surface area contributed by atoms with Gasteiger partial charge in [0.25, 0.3) is 5.91 Å². The summed E-state index contributed by atoms with van der Waals surface area (Å²) in [5.41, 5.74) is 6.22. The number of carbonyl (C=O) groups excluding carboxylic acids is 1. The van der Waals surface area contributed by atoms with E-state index in [0.29, 0.717) is 17.9 Å². The number of nitrogens with zero attached hydrogens (tertiary/aromatic N) is 3. The smallest absolute Gasteiger partial charge is 0.341 e. The van der Waals surface area contributed by atoms with E-state index in [1.54, 1.807) is 24.3 Å². The topological polar surface area (TPSA) is 106 Å². The van der Waals surface area contributed by atoms with E-state index in [-0.39, 0.29) is 11.7 Å². The number of benzene rings is 3. The number of fused-ring (bicyclic) bond motifs is 1. The summed E-state index contributed by atoms with van der Waals surface area (Å²) in [7, 11) is 0. The second-order valence-electron chi connectivity index (χ2n) is 7.29. The number of nitrogens with one attached hydrogen (secondary N) is 1. The molecule has 0 aliphatic carbocycles. The predicted molar refractivity (Wildman–Crippen MR) is 131 cm³/mol. The Labute approximate surface area is 200 Å². The lowest BCUT2D eigenvalue weighted by Gasteiger charge is -2.09. The number of hydrogen-bond donors (Lipinski definition) is 2. The summed E-state index contributed by atoms with van der Waals surface area (Å²) in [5.74, 6) is -0.762. The second kappa shape index (κ2) is 11.2. The first-order valence-electron chi connectivity index (χ1n) is 10.5. The fraction of sp³-hybridized carbons (Fsp3) is 0.120. The fourth-order valence-corrected chi connectivity index (χ4v) is 4.06. The Morgan fingerprint density at radius 1 is 1.06 bits per heavy atom. The second-order valence-corrected chi connectivity index (χ2v) is 8.23. The van der Waals surface area contributed by atoms with Gasteiger partial charge >= 0.3 is 5.97 Å². The van der Waals surface area contributed by atoms with Crippen LogP contribution in [0.2, 0.25) is 0 Å². The lowest BCUT2D eigenvalue weighted by Crippen LogP contribution is -2.20. The highest BCUT2D eigenvalue weighted by molar-refractivity contribution is 7.99. The van der Waals surface area contributed by atoms with Crippen LogP contribution < -0.4 is 10.2 Å². The van der Waals surface area contributed by atoms with Crippen LogP contribution in [0.5, 0.6) is 5.75 Å². The van der Waals surface area contributed by atoms with E-state index in [2.05, 4.69) is 27.2 Å². The van der Waals surface area contributed by atoms with Gasteiger partial charge in [-0.25, -0.2) is 15.2 Å². The minimum absolute atomic E-state index is 0.150. The van der Waals surface area contributed by atoms with E-state index in [1.807, 2.05) is 42.5 Å². The van der Waals surface area contributed by atoms with Crippen molar-refractivity contribution in [2.75, 3.05) is 12.4 Å². The molecule has 4 aromatic rings. The van der Waals surface area contributed by atoms with Crippen molar-refractivity contribution in [2.45, 2.75) is 11.7 Å². The van der Waals surface area contributed by atoms with Crippen LogP contribution in [0.15, 0.2) is 89.1 Å². The van der Waals surface area contributed by atoms with Crippen molar-refractivity contribution in [3.63, 3.8) is 0 Å². The van der Waals surface area contributed by atoms with Gasteiger partial charge in [0.2, 0.25) is 0 Å². The number of rotatable bonds is 10. The highest BCUT2D eigenvalue weighted by Gasteiger charge is 2.13. The molecule has 34 heavy (non-hydrogen) atoms. The number of ether oxygens (including phenoxy) is 1. The van der Waals surface area contributed by atoms with Gasteiger partial charge in [-0.1, -0.05) is 66.4 Å². The molecule has 1 amide bonds. The standard InChI is InChI=1S/C25H22N4O4S/c30-23(28-26-14-19-9-6-10-20(13-19)33-16-24(31)32)17-34-25-27-21-11-4-5-12-22(21)29(25)15-18-7-2-1-3-8-18/h1-14H,15-17H2,(H,28,30)(H,31,32)/b26-14-. The molecular formula is C25H22N4O4S. The molecule has 3 aromatic carbocycles. The van der Waals surface area contributed by atoms with E-state index in [4.69, 9.17) is 14.8 Å². The number of hydrogen-bond acceptors (Lipinski definition) is 6. The molecule has 0 fully saturated rings. The van der Waals surface area contributed by atoms with Crippen LogP contribution >= 0.6 is 11.8 Å². The summed E-state index contributed by atoms with van der Waals surface area (Å²) in [6, 6.07) is 24.8. The molecule has 0 aliphatic heterocycles. The number of carboxylic acid groups (broad SMARTS) is 1. The maximum atomic E-state index is 12.4. The molecule has 8 nitrogen and oxygen atoms in total. The zero-order valence-corrected chi connectivity index (χ0v) is 18.9. The average Bonchev–Trinajstić information content (AvgIpc) is 3.19. The number of amides is 1. The van der Waals surface area contributed by atoms with Crippen LogP contribution in [0, 0.1) is 0 Å². The largest absolute Gasteiger partial charge is 0.482 e. The Hall–Kier alpha value is -4.11. The number of aliphatic carboxylic acids is 1. The third kappa shape index (κ3) is 6.23. The third-order valence-electron chi connectivity index (χ3n) is 4.76. The van der Waals surface area contributed by atoms with E-state index in [9.17, 15) is 9.59 Å². The van der Waals surface area contributed by atoms with E-state index in [1.165, 1.54) is 18.0 Å². The summed E-state index contributed by atoms with van der Waals surface area (Å²) in [6.45, 7) is 0.230. The number of imidazole rings is 1. The minimum Gasteiger partial charge on any atom is -0.482 e. The zero-order chi connectivity index (χ0) is 23.8. The minimum atomic E-state index is -1.05. The van der Waals surface area contributed by atoms with Crippen LogP contribution in [-0.4, -0.2) is 45.1 Å². The molecule has 0 saturated heterocycles. The van der Waals surface area contributed by atoms with Gasteiger partial charge in [0.15, 0.2) is 11.8 Å². The first kappa shape index (κ1) is 23.1. The van der Waals surface area contributed by atoms with Crippen LogP contribution in [-0.2, 0) is 16.1 Å². The number of carbonyl (C=O) groups is 2. The Kier molecular flexibility index (Phi) is 7.56. The van der Waals surface area contributed by atoms with Crippen LogP contribution in [0.3, 0.4) is 0 Å². The Balaban J connectivity index is 1.38. The van der Waals surface area contributed by atoms with Gasteiger partial charge in [-0.3, -0.25) is 4.79 Å². The number of para-hydroxylation sites is 2. The van der Waals surface area contributed by atoms with E-state index >= 15 is 0 Å². The number of carboxylic acids is 1. The highest BCUT2D eigenvalue weighted by Crippen LogP contribution is 2.25. The molecule has 0 unspecified atom stereocenters. The Bertz CT molecular complexity index is 1320. The summed E-state index contributed by atoms with van der Waals surface area (Å²) in [4.78, 5) is 27.7. The summed E-state index contributed by atoms with van der Waals surface area (Å²) in [6.07, 6.45) is 1.47. The van der Waals surface area contributed by atoms with Crippen LogP contribution in [0.4, 0.5) is 0 Å². The number of thioether (sulfide) groups is 1. The monoisotopic (exact) mass is 474 g/mol. The number of aromatic nitrogens is 2. The fourth-order valence-electron chi connectivity index (χ4n) is 3.25.